The number of benzene rings is 9. The smallest absolute Gasteiger partial charge is 0.137 e. The number of fused-ring (bicyclic) bond motifs is 7. The van der Waals surface area contributed by atoms with Crippen molar-refractivity contribution in [2.75, 3.05) is 4.90 Å². The van der Waals surface area contributed by atoms with Gasteiger partial charge in [0, 0.05) is 34.3 Å². The van der Waals surface area contributed by atoms with Crippen LogP contribution in [0.3, 0.4) is 0 Å². The maximum absolute atomic E-state index is 7.06. The zero-order valence-corrected chi connectivity index (χ0v) is 28.4. The lowest BCUT2D eigenvalue weighted by molar-refractivity contribution is 0.488. The average molecular weight is 664 g/mol. The Morgan fingerprint density at radius 2 is 0.712 bits per heavy atom. The van der Waals surface area contributed by atoms with Gasteiger partial charge in [-0.05, 0) is 116 Å². The Balaban J connectivity index is 1.16. The van der Waals surface area contributed by atoms with Gasteiger partial charge in [0.15, 0.2) is 0 Å². The fraction of sp³-hybridized carbons (Fsp3) is 0. The summed E-state index contributed by atoms with van der Waals surface area (Å²) < 4.78 is 7.06. The zero-order valence-electron chi connectivity index (χ0n) is 28.4. The van der Waals surface area contributed by atoms with Crippen LogP contribution < -0.4 is 9.64 Å². The van der Waals surface area contributed by atoms with Crippen LogP contribution in [0.5, 0.6) is 11.5 Å². The Bertz CT molecular complexity index is 2750. The molecule has 0 aromatic heterocycles. The van der Waals surface area contributed by atoms with Gasteiger partial charge >= 0.3 is 0 Å². The van der Waals surface area contributed by atoms with Crippen molar-refractivity contribution >= 4 is 38.6 Å². The van der Waals surface area contributed by atoms with E-state index in [1.807, 2.05) is 0 Å². The van der Waals surface area contributed by atoms with Crippen molar-refractivity contribution in [1.29, 1.82) is 0 Å². The first-order valence-corrected chi connectivity index (χ1v) is 17.7. The minimum atomic E-state index is 0.824. The van der Waals surface area contributed by atoms with Gasteiger partial charge in [-0.2, -0.15) is 0 Å². The SMILES string of the molecule is c1ccc(-c2ccc(N(c3ccc4c(c3)Oc3cc(-c5ccccc5)ccc3-c3cc5ccccc5cc3-4)c3ccc4ccccc4c3)cc2)cc1. The first kappa shape index (κ1) is 30.0. The first-order chi connectivity index (χ1) is 25.7. The van der Waals surface area contributed by atoms with Crippen LogP contribution in [0.4, 0.5) is 17.1 Å². The van der Waals surface area contributed by atoms with Gasteiger partial charge in [-0.1, -0.05) is 133 Å². The molecule has 10 rings (SSSR count). The molecule has 0 unspecified atom stereocenters. The molecule has 0 aliphatic carbocycles. The number of anilines is 3. The number of rotatable bonds is 5. The van der Waals surface area contributed by atoms with Crippen LogP contribution in [0.1, 0.15) is 0 Å². The van der Waals surface area contributed by atoms with Gasteiger partial charge in [0.1, 0.15) is 11.5 Å². The van der Waals surface area contributed by atoms with Crippen molar-refractivity contribution < 1.29 is 4.74 Å². The molecule has 2 nitrogen and oxygen atoms in total. The van der Waals surface area contributed by atoms with Crippen LogP contribution >= 0.6 is 0 Å². The maximum Gasteiger partial charge on any atom is 0.137 e. The fourth-order valence-corrected chi connectivity index (χ4v) is 7.60. The van der Waals surface area contributed by atoms with Gasteiger partial charge in [0.25, 0.3) is 0 Å². The minimum absolute atomic E-state index is 0.824. The summed E-state index contributed by atoms with van der Waals surface area (Å²) in [5.41, 5.74) is 12.3. The summed E-state index contributed by atoms with van der Waals surface area (Å²) in [5.74, 6) is 1.67. The number of hydrogen-bond donors (Lipinski definition) is 0. The highest BCUT2D eigenvalue weighted by atomic mass is 16.5. The fourth-order valence-electron chi connectivity index (χ4n) is 7.60. The summed E-state index contributed by atoms with van der Waals surface area (Å²) in [4.78, 5) is 2.33. The molecule has 1 aliphatic heterocycles. The summed E-state index contributed by atoms with van der Waals surface area (Å²) in [6.07, 6.45) is 0. The van der Waals surface area contributed by atoms with Crippen molar-refractivity contribution in [3.8, 4) is 56.0 Å². The molecule has 244 valence electrons. The van der Waals surface area contributed by atoms with Gasteiger partial charge in [0.2, 0.25) is 0 Å². The number of nitrogens with zero attached hydrogens (tertiary/aromatic N) is 1. The van der Waals surface area contributed by atoms with Gasteiger partial charge in [0.05, 0.1) is 0 Å². The molecule has 0 fully saturated rings. The second-order valence-electron chi connectivity index (χ2n) is 13.4. The Labute approximate surface area is 303 Å². The molecule has 9 aromatic rings. The minimum Gasteiger partial charge on any atom is -0.456 e. The van der Waals surface area contributed by atoms with E-state index in [4.69, 9.17) is 4.74 Å². The van der Waals surface area contributed by atoms with E-state index >= 15 is 0 Å². The summed E-state index contributed by atoms with van der Waals surface area (Å²) in [6.45, 7) is 0. The highest BCUT2D eigenvalue weighted by Gasteiger charge is 2.24. The Kier molecular flexibility index (Phi) is 7.18. The summed E-state index contributed by atoms with van der Waals surface area (Å²) >= 11 is 0. The van der Waals surface area contributed by atoms with Gasteiger partial charge in [-0.3, -0.25) is 0 Å². The Morgan fingerprint density at radius 3 is 1.37 bits per heavy atom. The second-order valence-corrected chi connectivity index (χ2v) is 13.4. The van der Waals surface area contributed by atoms with Gasteiger partial charge < -0.3 is 9.64 Å². The van der Waals surface area contributed by atoms with Gasteiger partial charge in [-0.15, -0.1) is 0 Å². The molecule has 9 aromatic carbocycles. The molecule has 0 spiro atoms. The highest BCUT2D eigenvalue weighted by Crippen LogP contribution is 2.51. The molecular weight excluding hydrogens is 631 g/mol. The average Bonchev–Trinajstić information content (AvgIpc) is 3.34. The molecule has 1 heterocycles. The third-order valence-electron chi connectivity index (χ3n) is 10.2. The van der Waals surface area contributed by atoms with E-state index in [-0.39, 0.29) is 0 Å². The molecule has 2 heteroatoms. The predicted octanol–water partition coefficient (Wildman–Crippen LogP) is 14.2. The van der Waals surface area contributed by atoms with Crippen LogP contribution in [-0.4, -0.2) is 0 Å². The molecular formula is C50H33NO. The van der Waals surface area contributed by atoms with Gasteiger partial charge in [-0.25, -0.2) is 0 Å². The quantitative estimate of drug-likeness (QED) is 0.182. The third-order valence-corrected chi connectivity index (χ3v) is 10.2. The van der Waals surface area contributed by atoms with Crippen molar-refractivity contribution in [1.82, 2.24) is 0 Å². The topological polar surface area (TPSA) is 12.5 Å². The van der Waals surface area contributed by atoms with E-state index in [0.717, 1.165) is 56.4 Å². The van der Waals surface area contributed by atoms with Crippen LogP contribution in [0.25, 0.3) is 66.1 Å². The lowest BCUT2D eigenvalue weighted by atomic mass is 9.90. The molecule has 0 amide bonds. The molecule has 0 bridgehead atoms. The third kappa shape index (κ3) is 5.30. The predicted molar refractivity (Wildman–Crippen MR) is 218 cm³/mol. The lowest BCUT2D eigenvalue weighted by Gasteiger charge is -2.27. The summed E-state index contributed by atoms with van der Waals surface area (Å²) in [5, 5.41) is 4.82. The zero-order chi connectivity index (χ0) is 34.4. The van der Waals surface area contributed by atoms with Crippen LogP contribution in [0.15, 0.2) is 200 Å². The number of ether oxygens (including phenoxy) is 1. The largest absolute Gasteiger partial charge is 0.456 e. The molecule has 0 saturated carbocycles. The van der Waals surface area contributed by atoms with E-state index in [0.29, 0.717) is 0 Å². The van der Waals surface area contributed by atoms with E-state index < -0.39 is 0 Å². The molecule has 1 aliphatic rings. The normalized spacial score (nSPS) is 11.6. The van der Waals surface area contributed by atoms with E-state index in [1.54, 1.807) is 0 Å². The number of hydrogen-bond acceptors (Lipinski definition) is 2. The molecule has 0 N–H and O–H groups in total. The molecule has 0 radical (unpaired) electrons. The van der Waals surface area contributed by atoms with Crippen molar-refractivity contribution in [3.05, 3.63) is 200 Å². The Hall–Kier alpha value is -6.90. The molecule has 0 atom stereocenters. The van der Waals surface area contributed by atoms with Crippen LogP contribution in [0.2, 0.25) is 0 Å². The maximum atomic E-state index is 7.06. The monoisotopic (exact) mass is 663 g/mol. The van der Waals surface area contributed by atoms with E-state index in [9.17, 15) is 0 Å². The highest BCUT2D eigenvalue weighted by molar-refractivity contribution is 6.01. The second kappa shape index (κ2) is 12.5. The van der Waals surface area contributed by atoms with Crippen LogP contribution in [-0.2, 0) is 0 Å². The summed E-state index contributed by atoms with van der Waals surface area (Å²) in [7, 11) is 0. The standard InChI is InChI=1S/C50H33NO/c1-3-11-34(12-4-1)37-19-23-42(24-20-37)51(43-25-21-36-15-7-8-16-38(36)29-43)44-26-28-46-48-31-40-18-10-9-17-39(40)30-47(48)45-27-22-41(35-13-5-2-6-14-35)32-49(45)52-50(46)33-44/h1-33H. The summed E-state index contributed by atoms with van der Waals surface area (Å²) in [6, 6.07) is 71.6. The van der Waals surface area contributed by atoms with Crippen molar-refractivity contribution in [2.45, 2.75) is 0 Å². The van der Waals surface area contributed by atoms with E-state index in [2.05, 4.69) is 205 Å². The first-order valence-electron chi connectivity index (χ1n) is 17.7. The lowest BCUT2D eigenvalue weighted by Crippen LogP contribution is -2.10. The Morgan fingerprint density at radius 1 is 0.269 bits per heavy atom. The molecule has 52 heavy (non-hydrogen) atoms. The van der Waals surface area contributed by atoms with Crippen molar-refractivity contribution in [2.24, 2.45) is 0 Å². The van der Waals surface area contributed by atoms with Crippen molar-refractivity contribution in [3.63, 3.8) is 0 Å². The van der Waals surface area contributed by atoms with E-state index in [1.165, 1.54) is 38.2 Å². The molecule has 0 saturated heterocycles. The van der Waals surface area contributed by atoms with Crippen LogP contribution in [0, 0.1) is 0 Å².